The maximum absolute atomic E-state index is 12.2. The van der Waals surface area contributed by atoms with Gasteiger partial charge in [0.1, 0.15) is 18.1 Å². The van der Waals surface area contributed by atoms with Gasteiger partial charge in [0.15, 0.2) is 5.75 Å². The molecule has 0 spiro atoms. The zero-order valence-corrected chi connectivity index (χ0v) is 23.1. The van der Waals surface area contributed by atoms with Crippen LogP contribution in [0.15, 0.2) is 30.3 Å². The van der Waals surface area contributed by atoms with Crippen LogP contribution in [0.2, 0.25) is 0 Å². The number of carbonyl (C=O) groups is 1. The lowest BCUT2D eigenvalue weighted by Crippen LogP contribution is -2.28. The van der Waals surface area contributed by atoms with Gasteiger partial charge in [-0.3, -0.25) is 4.79 Å². The van der Waals surface area contributed by atoms with E-state index in [1.807, 2.05) is 30.3 Å². The predicted molar refractivity (Wildman–Crippen MR) is 140 cm³/mol. The van der Waals surface area contributed by atoms with Gasteiger partial charge in [-0.25, -0.2) is 0 Å². The molecule has 0 unspecified atom stereocenters. The summed E-state index contributed by atoms with van der Waals surface area (Å²) in [5.41, 5.74) is 0.920. The smallest absolute Gasteiger partial charge is 0.310 e. The van der Waals surface area contributed by atoms with Crippen molar-refractivity contribution >= 4 is 73.7 Å². The van der Waals surface area contributed by atoms with Gasteiger partial charge >= 0.3 is 5.97 Å². The third-order valence-electron chi connectivity index (χ3n) is 4.31. The van der Waals surface area contributed by atoms with Crippen LogP contribution in [0.5, 0.6) is 17.2 Å². The Bertz CT molecular complexity index is 818. The predicted octanol–water partition coefficient (Wildman–Crippen LogP) is 5.73. The summed E-state index contributed by atoms with van der Waals surface area (Å²) < 4.78 is 19.7. The van der Waals surface area contributed by atoms with Crippen LogP contribution in [0, 0.1) is 10.7 Å². The van der Waals surface area contributed by atoms with Crippen LogP contribution in [-0.2, 0) is 16.0 Å². The Labute approximate surface area is 213 Å². The van der Waals surface area contributed by atoms with E-state index in [1.54, 1.807) is 7.11 Å². The first-order valence-corrected chi connectivity index (χ1v) is 12.5. The number of halogens is 3. The highest BCUT2D eigenvalue weighted by atomic mass is 127. The van der Waals surface area contributed by atoms with Crippen LogP contribution in [-0.4, -0.2) is 44.2 Å². The number of hydrogen-bond donors (Lipinski definition) is 0. The fourth-order valence-corrected chi connectivity index (χ4v) is 5.51. The number of hydrogen-bond acceptors (Lipinski definition) is 5. The molecule has 0 atom stereocenters. The van der Waals surface area contributed by atoms with Crippen molar-refractivity contribution in [1.82, 2.24) is 4.90 Å². The molecule has 0 radical (unpaired) electrons. The maximum atomic E-state index is 12.2. The number of nitrogens with zero attached hydrogens (tertiary/aromatic N) is 1. The van der Waals surface area contributed by atoms with Gasteiger partial charge in [-0.05, 0) is 117 Å². The standard InChI is InChI=1S/C21H24I3NO4/c1-4-25(5-2)8-9-28-20(26)12-14-10-17(23)21(18(24)11-14)29-15-6-7-19(27-3)16(22)13-15/h6-7,10-11,13H,4-5,8-9,12H2,1-3H3. The Morgan fingerprint density at radius 2 is 1.66 bits per heavy atom. The summed E-state index contributed by atoms with van der Waals surface area (Å²) >= 11 is 6.70. The minimum Gasteiger partial charge on any atom is -0.496 e. The Morgan fingerprint density at radius 1 is 1.00 bits per heavy atom. The molecule has 2 aromatic carbocycles. The van der Waals surface area contributed by atoms with E-state index >= 15 is 0 Å². The first kappa shape index (κ1) is 24.9. The molecule has 0 N–H and O–H groups in total. The van der Waals surface area contributed by atoms with E-state index < -0.39 is 0 Å². The first-order valence-electron chi connectivity index (χ1n) is 9.25. The van der Waals surface area contributed by atoms with E-state index in [1.165, 1.54) is 0 Å². The largest absolute Gasteiger partial charge is 0.496 e. The van der Waals surface area contributed by atoms with E-state index in [4.69, 9.17) is 14.2 Å². The van der Waals surface area contributed by atoms with Crippen molar-refractivity contribution in [2.75, 3.05) is 33.4 Å². The molecule has 0 bridgehead atoms. The monoisotopic (exact) mass is 735 g/mol. The molecule has 29 heavy (non-hydrogen) atoms. The van der Waals surface area contributed by atoms with E-state index in [0.29, 0.717) is 6.61 Å². The van der Waals surface area contributed by atoms with Gasteiger partial charge in [0.05, 0.1) is 24.2 Å². The summed E-state index contributed by atoms with van der Waals surface area (Å²) in [7, 11) is 1.65. The SMILES string of the molecule is CCN(CC)CCOC(=O)Cc1cc(I)c(Oc2ccc(OC)c(I)c2)c(I)c1. The quantitative estimate of drug-likeness (QED) is 0.231. The molecule has 0 saturated carbocycles. The van der Waals surface area contributed by atoms with Crippen LogP contribution < -0.4 is 9.47 Å². The second kappa shape index (κ2) is 12.5. The second-order valence-corrected chi connectivity index (χ2v) is 9.70. The highest BCUT2D eigenvalue weighted by Gasteiger charge is 2.14. The molecule has 0 aliphatic rings. The number of carbonyl (C=O) groups excluding carboxylic acids is 1. The zero-order chi connectivity index (χ0) is 21.4. The van der Waals surface area contributed by atoms with E-state index in [9.17, 15) is 4.79 Å². The summed E-state index contributed by atoms with van der Waals surface area (Å²) in [6.45, 7) is 7.31. The molecule has 5 nitrogen and oxygen atoms in total. The average molecular weight is 735 g/mol. The van der Waals surface area contributed by atoms with Gasteiger partial charge in [0.25, 0.3) is 0 Å². The molecule has 8 heteroatoms. The van der Waals surface area contributed by atoms with Crippen LogP contribution in [0.3, 0.4) is 0 Å². The minimum atomic E-state index is -0.206. The van der Waals surface area contributed by atoms with Crippen molar-refractivity contribution in [1.29, 1.82) is 0 Å². The molecule has 0 fully saturated rings. The molecule has 0 amide bonds. The van der Waals surface area contributed by atoms with Crippen LogP contribution in [0.25, 0.3) is 0 Å². The molecular formula is C21H24I3NO4. The summed E-state index contributed by atoms with van der Waals surface area (Å²) in [5.74, 6) is 2.14. The summed E-state index contributed by atoms with van der Waals surface area (Å²) in [5, 5.41) is 0. The lowest BCUT2D eigenvalue weighted by atomic mass is 10.1. The molecule has 0 saturated heterocycles. The summed E-state index contributed by atoms with van der Waals surface area (Å²) in [4.78, 5) is 14.4. The third-order valence-corrected chi connectivity index (χ3v) is 6.76. The van der Waals surface area contributed by atoms with E-state index in [2.05, 4.69) is 86.5 Å². The number of esters is 1. The van der Waals surface area contributed by atoms with Crippen molar-refractivity contribution in [2.45, 2.75) is 20.3 Å². The fraction of sp³-hybridized carbons (Fsp3) is 0.381. The van der Waals surface area contributed by atoms with Crippen molar-refractivity contribution < 1.29 is 19.0 Å². The van der Waals surface area contributed by atoms with E-state index in [0.717, 1.165) is 53.2 Å². The minimum absolute atomic E-state index is 0.206. The Balaban J connectivity index is 2.01. The molecule has 2 rings (SSSR count). The first-order chi connectivity index (χ1) is 13.9. The molecule has 0 heterocycles. The molecule has 0 aromatic heterocycles. The maximum Gasteiger partial charge on any atom is 0.310 e. The van der Waals surface area contributed by atoms with Gasteiger partial charge in [-0.1, -0.05) is 13.8 Å². The molecule has 0 aliphatic carbocycles. The van der Waals surface area contributed by atoms with Crippen LogP contribution in [0.1, 0.15) is 19.4 Å². The van der Waals surface area contributed by atoms with E-state index in [-0.39, 0.29) is 12.4 Å². The lowest BCUT2D eigenvalue weighted by Gasteiger charge is -2.17. The van der Waals surface area contributed by atoms with Gasteiger partial charge in [-0.15, -0.1) is 0 Å². The van der Waals surface area contributed by atoms with Crippen molar-refractivity contribution in [2.24, 2.45) is 0 Å². The number of likely N-dealkylation sites (N-methyl/N-ethyl adjacent to an activating group) is 1. The third kappa shape index (κ3) is 7.69. The summed E-state index contributed by atoms with van der Waals surface area (Å²) in [6, 6.07) is 9.65. The lowest BCUT2D eigenvalue weighted by molar-refractivity contribution is -0.143. The Kier molecular flexibility index (Phi) is 10.7. The molecule has 2 aromatic rings. The Hall–Kier alpha value is -0.340. The number of methoxy groups -OCH3 is 1. The molecular weight excluding hydrogens is 711 g/mol. The van der Waals surface area contributed by atoms with Crippen molar-refractivity contribution in [3.63, 3.8) is 0 Å². The van der Waals surface area contributed by atoms with Crippen molar-refractivity contribution in [3.8, 4) is 17.2 Å². The number of rotatable bonds is 10. The van der Waals surface area contributed by atoms with Crippen molar-refractivity contribution in [3.05, 3.63) is 46.6 Å². The number of ether oxygens (including phenoxy) is 3. The van der Waals surface area contributed by atoms with Gasteiger partial charge in [-0.2, -0.15) is 0 Å². The zero-order valence-electron chi connectivity index (χ0n) is 16.6. The normalized spacial score (nSPS) is 10.9. The Morgan fingerprint density at radius 3 is 2.21 bits per heavy atom. The number of benzene rings is 2. The van der Waals surface area contributed by atoms with Crippen LogP contribution >= 0.6 is 67.8 Å². The second-order valence-electron chi connectivity index (χ2n) is 6.21. The molecule has 158 valence electrons. The van der Waals surface area contributed by atoms with Gasteiger partial charge in [0, 0.05) is 6.54 Å². The highest BCUT2D eigenvalue weighted by Crippen LogP contribution is 2.35. The van der Waals surface area contributed by atoms with Gasteiger partial charge in [0.2, 0.25) is 0 Å². The average Bonchev–Trinajstić information content (AvgIpc) is 2.68. The van der Waals surface area contributed by atoms with Gasteiger partial charge < -0.3 is 19.1 Å². The van der Waals surface area contributed by atoms with Crippen LogP contribution in [0.4, 0.5) is 0 Å². The molecule has 0 aliphatic heterocycles. The highest BCUT2D eigenvalue weighted by molar-refractivity contribution is 14.1. The fourth-order valence-electron chi connectivity index (χ4n) is 2.69. The summed E-state index contributed by atoms with van der Waals surface area (Å²) in [6.07, 6.45) is 0.255. The topological polar surface area (TPSA) is 48.0 Å².